The Kier molecular flexibility index (Phi) is 8.84. The quantitative estimate of drug-likeness (QED) is 0.491. The van der Waals surface area contributed by atoms with Crippen LogP contribution in [-0.4, -0.2) is 38.1 Å². The van der Waals surface area contributed by atoms with Crippen LogP contribution in [0.4, 0.5) is 11.4 Å². The standard InChI is InChI=1S/C27H36ClN3O3/c1-17(2)16-29-23-10-8-20(13-25(23)34-5)27(33)31-12-6-7-19(14-26(32)30-18(3)4)22-15-21(28)9-11-24(22)31/h8-11,13,15,17-19,29H,6-7,12,14,16H2,1-5H3,(H,30,32). The first-order valence-electron chi connectivity index (χ1n) is 12.0. The van der Waals surface area contributed by atoms with Crippen molar-refractivity contribution in [1.29, 1.82) is 0 Å². The Hall–Kier alpha value is -2.73. The Morgan fingerprint density at radius 3 is 2.59 bits per heavy atom. The van der Waals surface area contributed by atoms with Gasteiger partial charge in [0.05, 0.1) is 12.8 Å². The normalized spacial score (nSPS) is 15.6. The lowest BCUT2D eigenvalue weighted by Crippen LogP contribution is -2.32. The SMILES string of the molecule is COc1cc(C(=O)N2CCCC(CC(=O)NC(C)C)c3cc(Cl)ccc32)ccc1NCC(C)C. The number of hydrogen-bond donors (Lipinski definition) is 2. The highest BCUT2D eigenvalue weighted by Gasteiger charge is 2.29. The lowest BCUT2D eigenvalue weighted by molar-refractivity contribution is -0.122. The van der Waals surface area contributed by atoms with Gasteiger partial charge in [0.1, 0.15) is 5.75 Å². The number of nitrogens with zero attached hydrogens (tertiary/aromatic N) is 1. The van der Waals surface area contributed by atoms with E-state index in [0.717, 1.165) is 36.3 Å². The summed E-state index contributed by atoms with van der Waals surface area (Å²) in [7, 11) is 1.61. The van der Waals surface area contributed by atoms with Gasteiger partial charge in [0.25, 0.3) is 5.91 Å². The summed E-state index contributed by atoms with van der Waals surface area (Å²) in [6, 6.07) is 11.2. The molecule has 1 aliphatic heterocycles. The summed E-state index contributed by atoms with van der Waals surface area (Å²) in [5.41, 5.74) is 3.19. The van der Waals surface area contributed by atoms with Crippen molar-refractivity contribution < 1.29 is 14.3 Å². The molecule has 0 saturated heterocycles. The second kappa shape index (κ2) is 11.6. The van der Waals surface area contributed by atoms with Gasteiger partial charge in [-0.25, -0.2) is 0 Å². The molecule has 0 aromatic heterocycles. The molecule has 0 spiro atoms. The first kappa shape index (κ1) is 25.9. The third-order valence-corrected chi connectivity index (χ3v) is 6.17. The van der Waals surface area contributed by atoms with Crippen LogP contribution in [0.3, 0.4) is 0 Å². The maximum absolute atomic E-state index is 13.7. The van der Waals surface area contributed by atoms with Gasteiger partial charge in [-0.05, 0) is 80.5 Å². The number of benzene rings is 2. The van der Waals surface area contributed by atoms with Crippen LogP contribution < -0.4 is 20.3 Å². The van der Waals surface area contributed by atoms with E-state index >= 15 is 0 Å². The smallest absolute Gasteiger partial charge is 0.258 e. The van der Waals surface area contributed by atoms with E-state index < -0.39 is 0 Å². The number of ether oxygens (including phenoxy) is 1. The molecule has 1 aliphatic rings. The van der Waals surface area contributed by atoms with E-state index in [2.05, 4.69) is 24.5 Å². The monoisotopic (exact) mass is 485 g/mol. The third-order valence-electron chi connectivity index (χ3n) is 5.93. The molecule has 0 bridgehead atoms. The molecule has 0 fully saturated rings. The van der Waals surface area contributed by atoms with E-state index in [1.807, 2.05) is 43.0 Å². The first-order chi connectivity index (χ1) is 16.2. The van der Waals surface area contributed by atoms with Crippen LogP contribution in [0.1, 0.15) is 68.8 Å². The van der Waals surface area contributed by atoms with Gasteiger partial charge in [-0.2, -0.15) is 0 Å². The Balaban J connectivity index is 1.90. The zero-order valence-electron chi connectivity index (χ0n) is 20.8. The van der Waals surface area contributed by atoms with Crippen molar-refractivity contribution in [3.8, 4) is 5.75 Å². The van der Waals surface area contributed by atoms with Gasteiger partial charge in [-0.3, -0.25) is 9.59 Å². The van der Waals surface area contributed by atoms with E-state index in [-0.39, 0.29) is 23.8 Å². The van der Waals surface area contributed by atoms with Gasteiger partial charge in [0, 0.05) is 41.8 Å². The Labute approximate surface area is 208 Å². The topological polar surface area (TPSA) is 70.7 Å². The largest absolute Gasteiger partial charge is 0.495 e. The van der Waals surface area contributed by atoms with E-state index in [9.17, 15) is 9.59 Å². The molecule has 1 unspecified atom stereocenters. The second-order valence-electron chi connectivity index (χ2n) is 9.62. The molecule has 6 nitrogen and oxygen atoms in total. The first-order valence-corrected chi connectivity index (χ1v) is 12.4. The van der Waals surface area contributed by atoms with E-state index in [4.69, 9.17) is 16.3 Å². The number of carbonyl (C=O) groups excluding carboxylic acids is 2. The zero-order valence-corrected chi connectivity index (χ0v) is 21.5. The van der Waals surface area contributed by atoms with E-state index in [1.165, 1.54) is 0 Å². The van der Waals surface area contributed by atoms with Crippen LogP contribution in [0.25, 0.3) is 0 Å². The lowest BCUT2D eigenvalue weighted by Gasteiger charge is -2.25. The fourth-order valence-electron chi connectivity index (χ4n) is 4.34. The van der Waals surface area contributed by atoms with Gasteiger partial charge in [-0.1, -0.05) is 25.4 Å². The van der Waals surface area contributed by atoms with Gasteiger partial charge < -0.3 is 20.3 Å². The second-order valence-corrected chi connectivity index (χ2v) is 10.1. The molecule has 1 atom stereocenters. The summed E-state index contributed by atoms with van der Waals surface area (Å²) in [6.07, 6.45) is 1.98. The minimum atomic E-state index is -0.0930. The number of halogens is 1. The highest BCUT2D eigenvalue weighted by Crippen LogP contribution is 2.39. The van der Waals surface area contributed by atoms with Crippen LogP contribution in [0.5, 0.6) is 5.75 Å². The van der Waals surface area contributed by atoms with Crippen molar-refractivity contribution in [3.63, 3.8) is 0 Å². The van der Waals surface area contributed by atoms with Gasteiger partial charge >= 0.3 is 0 Å². The summed E-state index contributed by atoms with van der Waals surface area (Å²) in [6.45, 7) is 9.57. The highest BCUT2D eigenvalue weighted by atomic mass is 35.5. The Morgan fingerprint density at radius 2 is 1.91 bits per heavy atom. The lowest BCUT2D eigenvalue weighted by atomic mass is 9.90. The summed E-state index contributed by atoms with van der Waals surface area (Å²) < 4.78 is 5.56. The maximum atomic E-state index is 13.7. The molecule has 2 aromatic rings. The average molecular weight is 486 g/mol. The average Bonchev–Trinajstić information content (AvgIpc) is 2.95. The van der Waals surface area contributed by atoms with Crippen molar-refractivity contribution in [2.24, 2.45) is 5.92 Å². The molecule has 184 valence electrons. The summed E-state index contributed by atoms with van der Waals surface area (Å²) >= 11 is 6.34. The maximum Gasteiger partial charge on any atom is 0.258 e. The Bertz CT molecular complexity index is 1020. The molecule has 7 heteroatoms. The van der Waals surface area contributed by atoms with Crippen molar-refractivity contribution in [1.82, 2.24) is 5.32 Å². The van der Waals surface area contributed by atoms with Crippen molar-refractivity contribution >= 4 is 34.8 Å². The number of hydrogen-bond acceptors (Lipinski definition) is 4. The predicted octanol–water partition coefficient (Wildman–Crippen LogP) is 5.86. The summed E-state index contributed by atoms with van der Waals surface area (Å²) in [5.74, 6) is 1.05. The number of rotatable bonds is 8. The number of carbonyl (C=O) groups is 2. The zero-order chi connectivity index (χ0) is 24.8. The molecule has 2 aromatic carbocycles. The summed E-state index contributed by atoms with van der Waals surface area (Å²) in [4.78, 5) is 28.0. The minimum absolute atomic E-state index is 0.00222. The predicted molar refractivity (Wildman–Crippen MR) is 139 cm³/mol. The Morgan fingerprint density at radius 1 is 1.15 bits per heavy atom. The van der Waals surface area contributed by atoms with E-state index in [0.29, 0.717) is 35.2 Å². The molecule has 2 amide bonds. The minimum Gasteiger partial charge on any atom is -0.495 e. The molecular weight excluding hydrogens is 450 g/mol. The van der Waals surface area contributed by atoms with Gasteiger partial charge in [0.15, 0.2) is 0 Å². The molecule has 1 heterocycles. The van der Waals surface area contributed by atoms with Crippen LogP contribution in [0.2, 0.25) is 5.02 Å². The molecule has 2 N–H and O–H groups in total. The van der Waals surface area contributed by atoms with Crippen LogP contribution >= 0.6 is 11.6 Å². The molecule has 0 aliphatic carbocycles. The van der Waals surface area contributed by atoms with Crippen molar-refractivity contribution in [2.75, 3.05) is 30.4 Å². The highest BCUT2D eigenvalue weighted by molar-refractivity contribution is 6.30. The molecule has 0 saturated carbocycles. The van der Waals surface area contributed by atoms with Crippen molar-refractivity contribution in [3.05, 3.63) is 52.5 Å². The molecule has 0 radical (unpaired) electrons. The fourth-order valence-corrected chi connectivity index (χ4v) is 4.52. The van der Waals surface area contributed by atoms with Crippen LogP contribution in [-0.2, 0) is 4.79 Å². The molecular formula is C27H36ClN3O3. The fraction of sp³-hybridized carbons (Fsp3) is 0.481. The number of nitrogens with one attached hydrogen (secondary N) is 2. The number of fused-ring (bicyclic) bond motifs is 1. The van der Waals surface area contributed by atoms with Crippen LogP contribution in [0.15, 0.2) is 36.4 Å². The molecule has 3 rings (SSSR count). The third kappa shape index (κ3) is 6.44. The number of amides is 2. The van der Waals surface area contributed by atoms with Crippen LogP contribution in [0, 0.1) is 5.92 Å². The number of methoxy groups -OCH3 is 1. The van der Waals surface area contributed by atoms with Crippen molar-refractivity contribution in [2.45, 2.75) is 58.9 Å². The van der Waals surface area contributed by atoms with Gasteiger partial charge in [0.2, 0.25) is 5.91 Å². The van der Waals surface area contributed by atoms with Gasteiger partial charge in [-0.15, -0.1) is 0 Å². The van der Waals surface area contributed by atoms with E-state index in [1.54, 1.807) is 19.2 Å². The molecule has 34 heavy (non-hydrogen) atoms. The number of anilines is 2. The summed E-state index contributed by atoms with van der Waals surface area (Å²) in [5, 5.41) is 6.96.